The molecule has 2 N–H and O–H groups in total. The van der Waals surface area contributed by atoms with Gasteiger partial charge in [0.1, 0.15) is 0 Å². The molecule has 1 aliphatic rings. The van der Waals surface area contributed by atoms with Crippen LogP contribution in [0.25, 0.3) is 0 Å². The number of guanidine groups is 1. The van der Waals surface area contributed by atoms with Gasteiger partial charge in [0.15, 0.2) is 5.96 Å². The molecule has 8 heteroatoms. The largest absolute Gasteiger partial charge is 0.381 e. The van der Waals surface area contributed by atoms with Crippen molar-refractivity contribution >= 4 is 41.3 Å². The van der Waals surface area contributed by atoms with E-state index in [0.29, 0.717) is 5.92 Å². The van der Waals surface area contributed by atoms with Crippen LogP contribution in [0.15, 0.2) is 10.5 Å². The third-order valence-corrected chi connectivity index (χ3v) is 4.87. The molecular weight excluding hydrogens is 439 g/mol. The third kappa shape index (κ3) is 8.09. The summed E-state index contributed by atoms with van der Waals surface area (Å²) in [4.78, 5) is 9.72. The normalized spacial score (nSPS) is 15.8. The summed E-state index contributed by atoms with van der Waals surface area (Å²) in [6.07, 6.45) is 3.24. The quantitative estimate of drug-likeness (QED) is 0.266. The van der Waals surface area contributed by atoms with Gasteiger partial charge >= 0.3 is 0 Å². The van der Waals surface area contributed by atoms with Crippen molar-refractivity contribution in [3.05, 3.63) is 16.1 Å². The molecule has 0 unspecified atom stereocenters. The standard InChI is InChI=1S/C16H28N4O2S.HI/c1-13-15(23-12-20-13)10-19-16(17-2)18-6-3-7-22-11-14-4-8-21-9-5-14;/h12,14H,3-11H2,1-2H3,(H2,17,18,19);1H. The van der Waals surface area contributed by atoms with Crippen molar-refractivity contribution in [1.29, 1.82) is 0 Å². The molecule has 2 rings (SSSR count). The highest BCUT2D eigenvalue weighted by Crippen LogP contribution is 2.14. The molecule has 24 heavy (non-hydrogen) atoms. The topological polar surface area (TPSA) is 67.8 Å². The molecule has 138 valence electrons. The van der Waals surface area contributed by atoms with Crippen LogP contribution in [0.4, 0.5) is 0 Å². The lowest BCUT2D eigenvalue weighted by atomic mass is 10.0. The van der Waals surface area contributed by atoms with E-state index in [1.807, 2.05) is 12.4 Å². The van der Waals surface area contributed by atoms with Gasteiger partial charge in [-0.2, -0.15) is 0 Å². The summed E-state index contributed by atoms with van der Waals surface area (Å²) in [6.45, 7) is 7.06. The minimum Gasteiger partial charge on any atom is -0.381 e. The van der Waals surface area contributed by atoms with Crippen LogP contribution in [0, 0.1) is 12.8 Å². The maximum absolute atomic E-state index is 5.76. The Labute approximate surface area is 165 Å². The smallest absolute Gasteiger partial charge is 0.191 e. The number of aryl methyl sites for hydroxylation is 1. The van der Waals surface area contributed by atoms with E-state index in [9.17, 15) is 0 Å². The Morgan fingerprint density at radius 1 is 1.42 bits per heavy atom. The lowest BCUT2D eigenvalue weighted by molar-refractivity contribution is 0.0203. The number of ether oxygens (including phenoxy) is 2. The molecule has 0 saturated carbocycles. The highest BCUT2D eigenvalue weighted by atomic mass is 127. The second-order valence-corrected chi connectivity index (χ2v) is 6.64. The van der Waals surface area contributed by atoms with Crippen LogP contribution in [-0.2, 0) is 16.0 Å². The zero-order valence-corrected chi connectivity index (χ0v) is 17.7. The summed E-state index contributed by atoms with van der Waals surface area (Å²) in [5.41, 5.74) is 2.96. The Bertz CT molecular complexity index is 478. The van der Waals surface area contributed by atoms with Crippen LogP contribution in [0.2, 0.25) is 0 Å². The van der Waals surface area contributed by atoms with Crippen molar-refractivity contribution in [2.45, 2.75) is 32.7 Å². The lowest BCUT2D eigenvalue weighted by Crippen LogP contribution is -2.37. The number of thiazole rings is 1. The molecule has 0 aliphatic carbocycles. The van der Waals surface area contributed by atoms with Crippen LogP contribution in [0.3, 0.4) is 0 Å². The minimum absolute atomic E-state index is 0. The highest BCUT2D eigenvalue weighted by molar-refractivity contribution is 14.0. The van der Waals surface area contributed by atoms with Gasteiger partial charge in [-0.3, -0.25) is 4.99 Å². The van der Waals surface area contributed by atoms with E-state index < -0.39 is 0 Å². The van der Waals surface area contributed by atoms with E-state index >= 15 is 0 Å². The molecule has 0 atom stereocenters. The second-order valence-electron chi connectivity index (χ2n) is 5.70. The van der Waals surface area contributed by atoms with Crippen molar-refractivity contribution < 1.29 is 9.47 Å². The zero-order valence-electron chi connectivity index (χ0n) is 14.5. The molecule has 1 aromatic heterocycles. The molecule has 0 bridgehead atoms. The van der Waals surface area contributed by atoms with Gasteiger partial charge in [0.05, 0.1) is 17.7 Å². The third-order valence-electron chi connectivity index (χ3n) is 3.94. The molecule has 0 aromatic carbocycles. The van der Waals surface area contributed by atoms with E-state index in [1.165, 1.54) is 4.88 Å². The summed E-state index contributed by atoms with van der Waals surface area (Å²) >= 11 is 1.67. The molecule has 0 amide bonds. The summed E-state index contributed by atoms with van der Waals surface area (Å²) < 4.78 is 11.1. The summed E-state index contributed by atoms with van der Waals surface area (Å²) in [7, 11) is 1.79. The number of hydrogen-bond acceptors (Lipinski definition) is 5. The molecule has 1 fully saturated rings. The minimum atomic E-state index is 0. The van der Waals surface area contributed by atoms with Crippen molar-refractivity contribution in [3.8, 4) is 0 Å². The monoisotopic (exact) mass is 468 g/mol. The lowest BCUT2D eigenvalue weighted by Gasteiger charge is -2.21. The first-order valence-corrected chi connectivity index (χ1v) is 9.16. The van der Waals surface area contributed by atoms with Crippen molar-refractivity contribution in [1.82, 2.24) is 15.6 Å². The van der Waals surface area contributed by atoms with Crippen molar-refractivity contribution in [2.75, 3.05) is 40.0 Å². The number of hydrogen-bond donors (Lipinski definition) is 2. The van der Waals surface area contributed by atoms with E-state index in [1.54, 1.807) is 18.4 Å². The molecule has 2 heterocycles. The van der Waals surface area contributed by atoms with E-state index in [2.05, 4.69) is 20.6 Å². The first kappa shape index (κ1) is 21.6. The van der Waals surface area contributed by atoms with Gasteiger partial charge in [0, 0.05) is 44.9 Å². The number of nitrogens with one attached hydrogen (secondary N) is 2. The van der Waals surface area contributed by atoms with Gasteiger partial charge in [0.2, 0.25) is 0 Å². The zero-order chi connectivity index (χ0) is 16.3. The van der Waals surface area contributed by atoms with E-state index in [-0.39, 0.29) is 24.0 Å². The molecule has 6 nitrogen and oxygen atoms in total. The first-order valence-electron chi connectivity index (χ1n) is 8.28. The van der Waals surface area contributed by atoms with Gasteiger partial charge in [-0.15, -0.1) is 35.3 Å². The fourth-order valence-corrected chi connectivity index (χ4v) is 3.14. The Kier molecular flexibility index (Phi) is 11.6. The Hall–Kier alpha value is -0.450. The maximum atomic E-state index is 5.76. The van der Waals surface area contributed by atoms with Gasteiger partial charge in [-0.25, -0.2) is 4.98 Å². The van der Waals surface area contributed by atoms with Crippen LogP contribution < -0.4 is 10.6 Å². The number of halogens is 1. The van der Waals surface area contributed by atoms with Gasteiger partial charge in [-0.1, -0.05) is 0 Å². The fraction of sp³-hybridized carbons (Fsp3) is 0.750. The number of nitrogens with zero attached hydrogens (tertiary/aromatic N) is 2. The van der Waals surface area contributed by atoms with Gasteiger partial charge in [0.25, 0.3) is 0 Å². The number of aliphatic imine (C=N–C) groups is 1. The molecular formula is C16H29IN4O2S. The summed E-state index contributed by atoms with van der Waals surface area (Å²) in [5.74, 6) is 1.50. The first-order chi connectivity index (χ1) is 11.3. The fourth-order valence-electron chi connectivity index (χ4n) is 2.42. The van der Waals surface area contributed by atoms with Crippen LogP contribution >= 0.6 is 35.3 Å². The Morgan fingerprint density at radius 2 is 2.21 bits per heavy atom. The second kappa shape index (κ2) is 12.8. The number of aromatic nitrogens is 1. The van der Waals surface area contributed by atoms with Gasteiger partial charge < -0.3 is 20.1 Å². The van der Waals surface area contributed by atoms with E-state index in [4.69, 9.17) is 9.47 Å². The van der Waals surface area contributed by atoms with Crippen molar-refractivity contribution in [3.63, 3.8) is 0 Å². The summed E-state index contributed by atoms with van der Waals surface area (Å²) in [5, 5.41) is 6.62. The number of rotatable bonds is 8. The van der Waals surface area contributed by atoms with Crippen LogP contribution in [-0.4, -0.2) is 51.0 Å². The SMILES string of the molecule is CN=C(NCCCOCC1CCOCC1)NCc1scnc1C.I. The highest BCUT2D eigenvalue weighted by Gasteiger charge is 2.13. The predicted octanol–water partition coefficient (Wildman–Crippen LogP) is 2.57. The average molecular weight is 468 g/mol. The molecule has 0 spiro atoms. The summed E-state index contributed by atoms with van der Waals surface area (Å²) in [6, 6.07) is 0. The van der Waals surface area contributed by atoms with Crippen LogP contribution in [0.1, 0.15) is 29.8 Å². The van der Waals surface area contributed by atoms with Gasteiger partial charge in [-0.05, 0) is 32.1 Å². The molecule has 1 aliphatic heterocycles. The Balaban J connectivity index is 0.00000288. The Morgan fingerprint density at radius 3 is 2.88 bits per heavy atom. The molecule has 1 aromatic rings. The molecule has 1 saturated heterocycles. The van der Waals surface area contributed by atoms with Crippen molar-refractivity contribution in [2.24, 2.45) is 10.9 Å². The maximum Gasteiger partial charge on any atom is 0.191 e. The average Bonchev–Trinajstić information content (AvgIpc) is 2.99. The molecule has 0 radical (unpaired) electrons. The van der Waals surface area contributed by atoms with E-state index in [0.717, 1.165) is 70.4 Å². The predicted molar refractivity (Wildman–Crippen MR) is 109 cm³/mol. The van der Waals surface area contributed by atoms with Crippen LogP contribution in [0.5, 0.6) is 0 Å².